The van der Waals surface area contributed by atoms with Crippen molar-refractivity contribution in [2.45, 2.75) is 57.7 Å². The number of aliphatic hydroxyl groups is 3. The molecule has 0 aliphatic rings. The third-order valence-electron chi connectivity index (χ3n) is 2.63. The van der Waals surface area contributed by atoms with Crippen LogP contribution in [0.2, 0.25) is 0 Å². The molecule has 0 unspecified atom stereocenters. The van der Waals surface area contributed by atoms with Gasteiger partial charge < -0.3 is 20.1 Å². The molecule has 0 aliphatic heterocycles. The van der Waals surface area contributed by atoms with Gasteiger partial charge in [0, 0.05) is 6.61 Å². The van der Waals surface area contributed by atoms with E-state index < -0.39 is 12.2 Å². The number of hydrogen-bond acceptors (Lipinski definition) is 4. The highest BCUT2D eigenvalue weighted by Gasteiger charge is 2.17. The van der Waals surface area contributed by atoms with Gasteiger partial charge in [0.25, 0.3) is 0 Å². The maximum atomic E-state index is 9.26. The van der Waals surface area contributed by atoms with Gasteiger partial charge in [0.05, 0.1) is 13.2 Å². The molecule has 16 heavy (non-hydrogen) atoms. The molecule has 0 aliphatic carbocycles. The van der Waals surface area contributed by atoms with E-state index in [1.54, 1.807) is 0 Å². The molecule has 0 saturated heterocycles. The zero-order chi connectivity index (χ0) is 12.2. The van der Waals surface area contributed by atoms with Crippen molar-refractivity contribution in [1.82, 2.24) is 0 Å². The largest absolute Gasteiger partial charge is 0.394 e. The predicted octanol–water partition coefficient (Wildman–Crippen LogP) is 1.08. The molecule has 0 fully saturated rings. The van der Waals surface area contributed by atoms with Crippen LogP contribution in [0.4, 0.5) is 0 Å². The Kier molecular flexibility index (Phi) is 11.2. The molecule has 4 heteroatoms. The van der Waals surface area contributed by atoms with Gasteiger partial charge in [-0.05, 0) is 6.42 Å². The second kappa shape index (κ2) is 11.3. The Morgan fingerprint density at radius 2 is 1.56 bits per heavy atom. The second-order valence-corrected chi connectivity index (χ2v) is 4.11. The Hall–Kier alpha value is -0.160. The van der Waals surface area contributed by atoms with Gasteiger partial charge in [0.1, 0.15) is 12.2 Å². The quantitative estimate of drug-likeness (QED) is 0.468. The van der Waals surface area contributed by atoms with E-state index in [0.29, 0.717) is 6.61 Å². The molecule has 2 atom stereocenters. The van der Waals surface area contributed by atoms with Crippen molar-refractivity contribution in [2.75, 3.05) is 19.8 Å². The monoisotopic (exact) mass is 234 g/mol. The lowest BCUT2D eigenvalue weighted by Crippen LogP contribution is -2.35. The van der Waals surface area contributed by atoms with Gasteiger partial charge in [-0.2, -0.15) is 0 Å². The Bertz CT molecular complexity index is 141. The van der Waals surface area contributed by atoms with E-state index in [1.165, 1.54) is 25.7 Å². The van der Waals surface area contributed by atoms with Crippen LogP contribution < -0.4 is 0 Å². The standard InChI is InChI=1S/C12H26O4/c1-2-3-4-5-6-7-8-16-12(10-14)11(15)9-13/h11-15H,2-10H2,1H3/t11-,12+/m1/s1. The maximum Gasteiger partial charge on any atom is 0.109 e. The third-order valence-corrected chi connectivity index (χ3v) is 2.63. The average Bonchev–Trinajstić information content (AvgIpc) is 2.32. The lowest BCUT2D eigenvalue weighted by atomic mass is 10.1. The summed E-state index contributed by atoms with van der Waals surface area (Å²) in [7, 11) is 0. The van der Waals surface area contributed by atoms with E-state index >= 15 is 0 Å². The van der Waals surface area contributed by atoms with Crippen molar-refractivity contribution in [1.29, 1.82) is 0 Å². The Morgan fingerprint density at radius 1 is 0.938 bits per heavy atom. The van der Waals surface area contributed by atoms with Gasteiger partial charge >= 0.3 is 0 Å². The van der Waals surface area contributed by atoms with Gasteiger partial charge in [0.2, 0.25) is 0 Å². The molecule has 0 spiro atoms. The van der Waals surface area contributed by atoms with E-state index in [2.05, 4.69) is 6.92 Å². The van der Waals surface area contributed by atoms with Crippen molar-refractivity contribution in [3.05, 3.63) is 0 Å². The van der Waals surface area contributed by atoms with Crippen LogP contribution in [-0.4, -0.2) is 47.3 Å². The number of aliphatic hydroxyl groups excluding tert-OH is 3. The number of hydrogen-bond donors (Lipinski definition) is 3. The molecule has 3 N–H and O–H groups in total. The zero-order valence-corrected chi connectivity index (χ0v) is 10.3. The topological polar surface area (TPSA) is 69.9 Å². The first kappa shape index (κ1) is 15.8. The number of rotatable bonds is 11. The molecule has 0 aromatic heterocycles. The molecular formula is C12H26O4. The van der Waals surface area contributed by atoms with E-state index in [9.17, 15) is 5.11 Å². The minimum Gasteiger partial charge on any atom is -0.394 e. The van der Waals surface area contributed by atoms with Crippen LogP contribution in [0.1, 0.15) is 45.4 Å². The molecule has 0 bridgehead atoms. The molecular weight excluding hydrogens is 208 g/mol. The number of unbranched alkanes of at least 4 members (excludes halogenated alkanes) is 5. The predicted molar refractivity (Wildman–Crippen MR) is 63.3 cm³/mol. The van der Waals surface area contributed by atoms with Crippen LogP contribution in [0.25, 0.3) is 0 Å². The summed E-state index contributed by atoms with van der Waals surface area (Å²) in [5, 5.41) is 26.9. The summed E-state index contributed by atoms with van der Waals surface area (Å²) in [6, 6.07) is 0. The molecule has 4 nitrogen and oxygen atoms in total. The molecule has 98 valence electrons. The molecule has 0 heterocycles. The maximum absolute atomic E-state index is 9.26. The fraction of sp³-hybridized carbons (Fsp3) is 1.00. The van der Waals surface area contributed by atoms with Crippen LogP contribution >= 0.6 is 0 Å². The highest BCUT2D eigenvalue weighted by Crippen LogP contribution is 2.06. The minimum atomic E-state index is -0.981. The molecule has 0 aromatic rings. The van der Waals surface area contributed by atoms with Crippen molar-refractivity contribution < 1.29 is 20.1 Å². The van der Waals surface area contributed by atoms with E-state index in [4.69, 9.17) is 14.9 Å². The lowest BCUT2D eigenvalue weighted by Gasteiger charge is -2.19. The fourth-order valence-corrected chi connectivity index (χ4v) is 1.52. The van der Waals surface area contributed by atoms with Crippen molar-refractivity contribution >= 4 is 0 Å². The van der Waals surface area contributed by atoms with Crippen LogP contribution in [0, 0.1) is 0 Å². The van der Waals surface area contributed by atoms with Gasteiger partial charge in [-0.15, -0.1) is 0 Å². The molecule has 0 aromatic carbocycles. The summed E-state index contributed by atoms with van der Waals surface area (Å²) in [6.45, 7) is 2.10. The molecule has 0 rings (SSSR count). The van der Waals surface area contributed by atoms with Crippen molar-refractivity contribution in [3.63, 3.8) is 0 Å². The van der Waals surface area contributed by atoms with Crippen LogP contribution in [-0.2, 0) is 4.74 Å². The molecule has 0 saturated carbocycles. The first-order valence-electron chi connectivity index (χ1n) is 6.27. The summed E-state index contributed by atoms with van der Waals surface area (Å²) in [4.78, 5) is 0. The SMILES string of the molecule is CCCCCCCCO[C@@H](CO)[C@H](O)CO. The number of ether oxygens (including phenoxy) is 1. The summed E-state index contributed by atoms with van der Waals surface area (Å²) >= 11 is 0. The smallest absolute Gasteiger partial charge is 0.109 e. The Morgan fingerprint density at radius 3 is 2.12 bits per heavy atom. The highest BCUT2D eigenvalue weighted by molar-refractivity contribution is 4.66. The summed E-state index contributed by atoms with van der Waals surface area (Å²) < 4.78 is 5.29. The summed E-state index contributed by atoms with van der Waals surface area (Å²) in [5.41, 5.74) is 0. The van der Waals surface area contributed by atoms with Crippen LogP contribution in [0.3, 0.4) is 0 Å². The third kappa shape index (κ3) is 8.05. The van der Waals surface area contributed by atoms with Crippen LogP contribution in [0.15, 0.2) is 0 Å². The first-order valence-corrected chi connectivity index (χ1v) is 6.27. The van der Waals surface area contributed by atoms with E-state index in [0.717, 1.165) is 12.8 Å². The minimum absolute atomic E-state index is 0.252. The summed E-state index contributed by atoms with van der Waals surface area (Å²) in [6.07, 6.45) is 5.43. The lowest BCUT2D eigenvalue weighted by molar-refractivity contribution is -0.0802. The fourth-order valence-electron chi connectivity index (χ4n) is 1.52. The second-order valence-electron chi connectivity index (χ2n) is 4.11. The van der Waals surface area contributed by atoms with Gasteiger partial charge in [-0.3, -0.25) is 0 Å². The van der Waals surface area contributed by atoms with Gasteiger partial charge in [-0.25, -0.2) is 0 Å². The Balaban J connectivity index is 3.34. The molecule has 0 amide bonds. The molecule has 0 radical (unpaired) electrons. The van der Waals surface area contributed by atoms with Crippen molar-refractivity contribution in [3.8, 4) is 0 Å². The average molecular weight is 234 g/mol. The normalized spacial score (nSPS) is 15.0. The van der Waals surface area contributed by atoms with Gasteiger partial charge in [0.15, 0.2) is 0 Å². The van der Waals surface area contributed by atoms with E-state index in [1.807, 2.05) is 0 Å². The van der Waals surface area contributed by atoms with Gasteiger partial charge in [-0.1, -0.05) is 39.0 Å². The zero-order valence-electron chi connectivity index (χ0n) is 10.3. The van der Waals surface area contributed by atoms with E-state index in [-0.39, 0.29) is 13.2 Å². The van der Waals surface area contributed by atoms with Crippen molar-refractivity contribution in [2.24, 2.45) is 0 Å². The summed E-state index contributed by atoms with van der Waals surface area (Å²) in [5.74, 6) is 0. The Labute approximate surface area is 98.2 Å². The first-order chi connectivity index (χ1) is 7.76. The van der Waals surface area contributed by atoms with Crippen LogP contribution in [0.5, 0.6) is 0 Å². The highest BCUT2D eigenvalue weighted by atomic mass is 16.5.